The minimum Gasteiger partial charge on any atom is -0.393 e. The molecule has 4 bridgehead atoms. The Hall–Kier alpha value is -1.72. The van der Waals surface area contributed by atoms with Crippen LogP contribution in [0.2, 0.25) is 0 Å². The van der Waals surface area contributed by atoms with Crippen LogP contribution in [0.15, 0.2) is 0 Å². The largest absolute Gasteiger partial charge is 0.393 e. The first-order chi connectivity index (χ1) is 12.0. The molecular formula is C19H26O6. The molecule has 2 aliphatic heterocycles. The number of carbonyl (C=O) groups excluding carboxylic acids is 4. The highest BCUT2D eigenvalue weighted by atomic mass is 16.6. The van der Waals surface area contributed by atoms with Crippen molar-refractivity contribution in [1.82, 2.24) is 0 Å². The second-order valence-electron chi connectivity index (χ2n) is 7.64. The molecule has 2 heterocycles. The zero-order chi connectivity index (χ0) is 17.8. The molecule has 1 aliphatic carbocycles. The van der Waals surface area contributed by atoms with E-state index in [2.05, 4.69) is 0 Å². The van der Waals surface area contributed by atoms with Gasteiger partial charge in [-0.15, -0.1) is 0 Å². The average Bonchev–Trinajstić information content (AvgIpc) is 2.78. The Labute approximate surface area is 147 Å². The van der Waals surface area contributed by atoms with E-state index in [4.69, 9.17) is 9.47 Å². The third-order valence-electron chi connectivity index (χ3n) is 5.92. The highest BCUT2D eigenvalue weighted by Gasteiger charge is 2.35. The highest BCUT2D eigenvalue weighted by Crippen LogP contribution is 2.32. The minimum absolute atomic E-state index is 0.216. The van der Waals surface area contributed by atoms with Gasteiger partial charge in [-0.05, 0) is 51.4 Å². The van der Waals surface area contributed by atoms with Gasteiger partial charge in [0.25, 0.3) is 0 Å². The van der Waals surface area contributed by atoms with Gasteiger partial charge in [0.15, 0.2) is 0 Å². The number of cyclic esters (lactones) is 4. The Morgan fingerprint density at radius 3 is 1.04 bits per heavy atom. The van der Waals surface area contributed by atoms with Crippen molar-refractivity contribution in [2.24, 2.45) is 23.7 Å². The van der Waals surface area contributed by atoms with Crippen LogP contribution in [-0.4, -0.2) is 23.9 Å². The summed E-state index contributed by atoms with van der Waals surface area (Å²) in [5.74, 6) is -2.60. The summed E-state index contributed by atoms with van der Waals surface area (Å²) in [6, 6.07) is 0. The molecule has 0 radical (unpaired) electrons. The lowest BCUT2D eigenvalue weighted by atomic mass is 9.89. The standard InChI is InChI=1S/C19H26O6/c20-16-12-4-1-2-5-13-9-11-15(19(23)25-17(13)21)7-3-6-14(10-8-12)18(22)24-16/h12-15H,1-11H2/t12?,13?,14-,15?/m0/s1. The number of fused-ring (bicyclic) bond motifs is 6. The van der Waals surface area contributed by atoms with E-state index in [9.17, 15) is 19.2 Å². The number of rotatable bonds is 0. The van der Waals surface area contributed by atoms with E-state index in [1.54, 1.807) is 0 Å². The van der Waals surface area contributed by atoms with Crippen LogP contribution in [0.25, 0.3) is 0 Å². The lowest BCUT2D eigenvalue weighted by molar-refractivity contribution is -0.165. The first kappa shape index (κ1) is 18.1. The smallest absolute Gasteiger partial charge is 0.316 e. The van der Waals surface area contributed by atoms with Crippen molar-refractivity contribution in [3.8, 4) is 0 Å². The Morgan fingerprint density at radius 2 is 0.720 bits per heavy atom. The lowest BCUT2D eigenvalue weighted by Gasteiger charge is -2.14. The molecule has 0 N–H and O–H groups in total. The van der Waals surface area contributed by atoms with Crippen LogP contribution in [-0.2, 0) is 28.7 Å². The van der Waals surface area contributed by atoms with Gasteiger partial charge in [-0.2, -0.15) is 0 Å². The maximum atomic E-state index is 12.1. The fraction of sp³-hybridized carbons (Fsp3) is 0.789. The molecule has 1 saturated carbocycles. The number of ether oxygens (including phenoxy) is 2. The molecule has 0 aromatic heterocycles. The summed E-state index contributed by atoms with van der Waals surface area (Å²) in [7, 11) is 0. The summed E-state index contributed by atoms with van der Waals surface area (Å²) in [4.78, 5) is 48.4. The van der Waals surface area contributed by atoms with Crippen LogP contribution in [0.1, 0.15) is 70.6 Å². The molecule has 0 amide bonds. The van der Waals surface area contributed by atoms with Gasteiger partial charge in [-0.25, -0.2) is 0 Å². The maximum absolute atomic E-state index is 12.1. The fourth-order valence-corrected chi connectivity index (χ4v) is 4.25. The molecule has 0 aromatic carbocycles. The van der Waals surface area contributed by atoms with Crippen LogP contribution in [0.4, 0.5) is 0 Å². The molecule has 25 heavy (non-hydrogen) atoms. The van der Waals surface area contributed by atoms with Crippen molar-refractivity contribution in [3.63, 3.8) is 0 Å². The number of hydrogen-bond donors (Lipinski definition) is 0. The quantitative estimate of drug-likeness (QED) is 0.493. The van der Waals surface area contributed by atoms with Gasteiger partial charge in [0.1, 0.15) is 0 Å². The first-order valence-corrected chi connectivity index (χ1v) is 9.55. The molecule has 4 atom stereocenters. The van der Waals surface area contributed by atoms with Crippen LogP contribution in [0, 0.1) is 23.7 Å². The van der Waals surface area contributed by atoms with Crippen molar-refractivity contribution in [2.75, 3.05) is 0 Å². The monoisotopic (exact) mass is 350 g/mol. The molecule has 0 spiro atoms. The van der Waals surface area contributed by atoms with Crippen LogP contribution in [0.3, 0.4) is 0 Å². The second kappa shape index (κ2) is 8.11. The third-order valence-corrected chi connectivity index (χ3v) is 5.92. The fourth-order valence-electron chi connectivity index (χ4n) is 4.25. The summed E-state index contributed by atoms with van der Waals surface area (Å²) in [6.45, 7) is 0. The SMILES string of the molecule is O=C1OC(=O)C2CCC[C@H]3CCC(CCCCC1CC2)C(=O)OC3=O. The van der Waals surface area contributed by atoms with E-state index in [-0.39, 0.29) is 23.7 Å². The maximum Gasteiger partial charge on any atom is 0.316 e. The zero-order valence-electron chi connectivity index (χ0n) is 14.5. The van der Waals surface area contributed by atoms with Gasteiger partial charge in [0.2, 0.25) is 0 Å². The summed E-state index contributed by atoms with van der Waals surface area (Å²) >= 11 is 0. The van der Waals surface area contributed by atoms with Crippen molar-refractivity contribution >= 4 is 23.9 Å². The number of hydrogen-bond acceptors (Lipinski definition) is 6. The van der Waals surface area contributed by atoms with E-state index in [1.165, 1.54) is 0 Å². The van der Waals surface area contributed by atoms with Gasteiger partial charge >= 0.3 is 23.9 Å². The van der Waals surface area contributed by atoms with Crippen molar-refractivity contribution in [3.05, 3.63) is 0 Å². The van der Waals surface area contributed by atoms with Crippen LogP contribution >= 0.6 is 0 Å². The predicted molar refractivity (Wildman–Crippen MR) is 86.9 cm³/mol. The predicted octanol–water partition coefficient (Wildman–Crippen LogP) is 2.92. The molecular weight excluding hydrogens is 324 g/mol. The summed E-state index contributed by atoms with van der Waals surface area (Å²) in [5, 5.41) is 0. The van der Waals surface area contributed by atoms with Crippen LogP contribution < -0.4 is 0 Å². The van der Waals surface area contributed by atoms with Gasteiger partial charge < -0.3 is 9.47 Å². The lowest BCUT2D eigenvalue weighted by Crippen LogP contribution is -2.21. The van der Waals surface area contributed by atoms with Crippen molar-refractivity contribution < 1.29 is 28.7 Å². The molecule has 3 unspecified atom stereocenters. The van der Waals surface area contributed by atoms with Gasteiger partial charge in [0, 0.05) is 0 Å². The number of carbonyl (C=O) groups is 4. The third kappa shape index (κ3) is 4.47. The topological polar surface area (TPSA) is 86.7 Å². The highest BCUT2D eigenvalue weighted by molar-refractivity contribution is 5.89. The van der Waals surface area contributed by atoms with E-state index >= 15 is 0 Å². The normalized spacial score (nSPS) is 35.2. The minimum atomic E-state index is -0.418. The molecule has 6 heteroatoms. The van der Waals surface area contributed by atoms with E-state index < -0.39 is 23.9 Å². The number of esters is 4. The molecule has 6 nitrogen and oxygen atoms in total. The molecule has 3 fully saturated rings. The molecule has 3 rings (SSSR count). The van der Waals surface area contributed by atoms with E-state index in [0.717, 1.165) is 12.8 Å². The second-order valence-corrected chi connectivity index (χ2v) is 7.64. The zero-order valence-corrected chi connectivity index (χ0v) is 14.5. The molecule has 138 valence electrons. The van der Waals surface area contributed by atoms with Gasteiger partial charge in [-0.3, -0.25) is 19.2 Å². The average molecular weight is 350 g/mol. The molecule has 0 aromatic rings. The van der Waals surface area contributed by atoms with Crippen LogP contribution in [0.5, 0.6) is 0 Å². The van der Waals surface area contributed by atoms with E-state index in [1.807, 2.05) is 0 Å². The molecule has 2 saturated heterocycles. The van der Waals surface area contributed by atoms with Crippen molar-refractivity contribution in [2.45, 2.75) is 70.6 Å². The van der Waals surface area contributed by atoms with Gasteiger partial charge in [-0.1, -0.05) is 19.3 Å². The Morgan fingerprint density at radius 1 is 0.440 bits per heavy atom. The van der Waals surface area contributed by atoms with Gasteiger partial charge in [0.05, 0.1) is 23.7 Å². The Bertz CT molecular complexity index is 506. The summed E-state index contributed by atoms with van der Waals surface area (Å²) < 4.78 is 10.1. The molecule has 3 aliphatic rings. The van der Waals surface area contributed by atoms with Crippen molar-refractivity contribution in [1.29, 1.82) is 0 Å². The Balaban J connectivity index is 1.73. The first-order valence-electron chi connectivity index (χ1n) is 9.55. The summed E-state index contributed by atoms with van der Waals surface area (Å²) in [6.07, 6.45) is 7.60. The summed E-state index contributed by atoms with van der Waals surface area (Å²) in [5.41, 5.74) is 0. The Kier molecular flexibility index (Phi) is 5.86. The van der Waals surface area contributed by atoms with E-state index in [0.29, 0.717) is 57.8 Å².